The molecule has 0 spiro atoms. The third-order valence-electron chi connectivity index (χ3n) is 4.41. The Bertz CT molecular complexity index is 757. The Morgan fingerprint density at radius 1 is 1.25 bits per heavy atom. The molecule has 2 aromatic heterocycles. The number of rotatable bonds is 3. The van der Waals surface area contributed by atoms with E-state index in [2.05, 4.69) is 15.1 Å². The number of carbonyl (C=O) groups is 2. The summed E-state index contributed by atoms with van der Waals surface area (Å²) in [6.45, 7) is 0.486. The predicted octanol–water partition coefficient (Wildman–Crippen LogP) is 0.430. The zero-order valence-corrected chi connectivity index (χ0v) is 14.0. The maximum Gasteiger partial charge on any atom is 0.273 e. The summed E-state index contributed by atoms with van der Waals surface area (Å²) in [7, 11) is 5.08. The second kappa shape index (κ2) is 6.03. The van der Waals surface area contributed by atoms with E-state index in [1.807, 2.05) is 0 Å². The minimum atomic E-state index is -1.13. The highest BCUT2D eigenvalue weighted by Gasteiger charge is 2.53. The lowest BCUT2D eigenvalue weighted by Gasteiger charge is -2.38. The second-order valence-electron chi connectivity index (χ2n) is 6.05. The fourth-order valence-corrected chi connectivity index (χ4v) is 3.30. The maximum atomic E-state index is 13.1. The van der Waals surface area contributed by atoms with Crippen molar-refractivity contribution in [3.8, 4) is 0 Å². The van der Waals surface area contributed by atoms with Crippen molar-refractivity contribution >= 4 is 11.8 Å². The molecule has 3 heterocycles. The largest absolute Gasteiger partial charge is 0.346 e. The van der Waals surface area contributed by atoms with Crippen LogP contribution in [-0.2, 0) is 17.4 Å². The van der Waals surface area contributed by atoms with Gasteiger partial charge in [-0.15, -0.1) is 0 Å². The van der Waals surface area contributed by atoms with Crippen LogP contribution in [0.3, 0.4) is 0 Å². The summed E-state index contributed by atoms with van der Waals surface area (Å²) >= 11 is 0. The summed E-state index contributed by atoms with van der Waals surface area (Å²) in [6.07, 6.45) is 7.48. The van der Waals surface area contributed by atoms with E-state index in [0.29, 0.717) is 24.4 Å². The van der Waals surface area contributed by atoms with Crippen LogP contribution in [0.1, 0.15) is 29.0 Å². The fourth-order valence-electron chi connectivity index (χ4n) is 3.30. The number of amides is 2. The van der Waals surface area contributed by atoms with Crippen molar-refractivity contribution in [2.45, 2.75) is 18.4 Å². The van der Waals surface area contributed by atoms with Gasteiger partial charge in [0, 0.05) is 46.3 Å². The molecule has 0 radical (unpaired) electrons. The Morgan fingerprint density at radius 2 is 2.04 bits per heavy atom. The van der Waals surface area contributed by atoms with Gasteiger partial charge in [-0.05, 0) is 18.9 Å². The van der Waals surface area contributed by atoms with Crippen molar-refractivity contribution in [2.75, 3.05) is 20.6 Å². The lowest BCUT2D eigenvalue weighted by Crippen LogP contribution is -2.55. The molecule has 2 amide bonds. The molecule has 1 saturated heterocycles. The molecule has 0 N–H and O–H groups in total. The molecule has 1 aliphatic rings. The molecule has 0 bridgehead atoms. The van der Waals surface area contributed by atoms with Crippen LogP contribution in [0.4, 0.5) is 0 Å². The summed E-state index contributed by atoms with van der Waals surface area (Å²) < 4.78 is 1.52. The van der Waals surface area contributed by atoms with E-state index in [1.165, 1.54) is 9.58 Å². The highest BCUT2D eigenvalue weighted by Crippen LogP contribution is 2.40. The van der Waals surface area contributed by atoms with Gasteiger partial charge in [0.15, 0.2) is 5.54 Å². The highest BCUT2D eigenvalue weighted by atomic mass is 16.2. The zero-order valence-electron chi connectivity index (χ0n) is 14.0. The molecule has 0 aromatic carbocycles. The molecule has 8 heteroatoms. The topological polar surface area (TPSA) is 84.2 Å². The normalized spacial score (nSPS) is 20.2. The van der Waals surface area contributed by atoms with E-state index in [-0.39, 0.29) is 11.8 Å². The van der Waals surface area contributed by atoms with Gasteiger partial charge >= 0.3 is 0 Å². The van der Waals surface area contributed by atoms with E-state index >= 15 is 0 Å². The van der Waals surface area contributed by atoms with Crippen LogP contribution >= 0.6 is 0 Å². The van der Waals surface area contributed by atoms with Gasteiger partial charge < -0.3 is 9.80 Å². The van der Waals surface area contributed by atoms with E-state index in [9.17, 15) is 9.59 Å². The van der Waals surface area contributed by atoms with Crippen LogP contribution in [0.25, 0.3) is 0 Å². The first-order chi connectivity index (χ1) is 11.5. The van der Waals surface area contributed by atoms with Crippen LogP contribution in [-0.4, -0.2) is 62.0 Å². The average molecular weight is 328 g/mol. The molecule has 1 atom stereocenters. The molecule has 24 heavy (non-hydrogen) atoms. The number of likely N-dealkylation sites (tertiary alicyclic amines) is 1. The number of aryl methyl sites for hydroxylation is 1. The number of carbonyl (C=O) groups excluding carboxylic acids is 2. The summed E-state index contributed by atoms with van der Waals surface area (Å²) in [4.78, 5) is 37.7. The highest BCUT2D eigenvalue weighted by molar-refractivity contribution is 5.98. The SMILES string of the molecule is CN(C)C(=O)[C@@]1(c2cnccn2)CCCN1C(=O)c1ccnn1C. The van der Waals surface area contributed by atoms with Crippen LogP contribution in [0.2, 0.25) is 0 Å². The van der Waals surface area contributed by atoms with Gasteiger partial charge in [-0.3, -0.25) is 24.2 Å². The van der Waals surface area contributed by atoms with Gasteiger partial charge in [0.25, 0.3) is 11.8 Å². The van der Waals surface area contributed by atoms with Crippen LogP contribution in [0.5, 0.6) is 0 Å². The predicted molar refractivity (Wildman–Crippen MR) is 85.9 cm³/mol. The quantitative estimate of drug-likeness (QED) is 0.816. The Hall–Kier alpha value is -2.77. The molecule has 1 aliphatic heterocycles. The monoisotopic (exact) mass is 328 g/mol. The van der Waals surface area contributed by atoms with Crippen molar-refractivity contribution < 1.29 is 9.59 Å². The van der Waals surface area contributed by atoms with E-state index < -0.39 is 5.54 Å². The first-order valence-corrected chi connectivity index (χ1v) is 7.76. The number of likely N-dealkylation sites (N-methyl/N-ethyl adjacent to an activating group) is 1. The Labute approximate surface area is 140 Å². The Balaban J connectivity index is 2.12. The minimum absolute atomic E-state index is 0.170. The first kappa shape index (κ1) is 16.1. The standard InChI is InChI=1S/C16H20N6O2/c1-20(2)15(24)16(13-11-17-8-9-18-13)6-4-10-22(16)14(23)12-5-7-19-21(12)3/h5,7-9,11H,4,6,10H2,1-3H3/t16-/m0/s1. The second-order valence-corrected chi connectivity index (χ2v) is 6.05. The molecule has 126 valence electrons. The summed E-state index contributed by atoms with van der Waals surface area (Å²) in [5, 5.41) is 4.06. The van der Waals surface area contributed by atoms with E-state index in [1.54, 1.807) is 56.9 Å². The molecule has 2 aromatic rings. The van der Waals surface area contributed by atoms with Crippen LogP contribution < -0.4 is 0 Å². The summed E-state index contributed by atoms with van der Waals surface area (Å²) in [5.74, 6) is -0.399. The summed E-state index contributed by atoms with van der Waals surface area (Å²) in [5.41, 5.74) is -0.188. The van der Waals surface area contributed by atoms with Crippen molar-refractivity contribution in [2.24, 2.45) is 7.05 Å². The lowest BCUT2D eigenvalue weighted by molar-refractivity contribution is -0.140. The zero-order chi connectivity index (χ0) is 17.3. The third kappa shape index (κ3) is 2.34. The van der Waals surface area contributed by atoms with Crippen molar-refractivity contribution in [3.05, 3.63) is 42.2 Å². The van der Waals surface area contributed by atoms with Gasteiger partial charge in [-0.1, -0.05) is 0 Å². The third-order valence-corrected chi connectivity index (χ3v) is 4.41. The van der Waals surface area contributed by atoms with Crippen molar-refractivity contribution in [1.82, 2.24) is 29.5 Å². The molecule has 0 aliphatic carbocycles. The number of nitrogens with zero attached hydrogens (tertiary/aromatic N) is 6. The molecular weight excluding hydrogens is 308 g/mol. The van der Waals surface area contributed by atoms with Gasteiger partial charge in [0.1, 0.15) is 5.69 Å². The average Bonchev–Trinajstić information content (AvgIpc) is 3.21. The van der Waals surface area contributed by atoms with E-state index in [4.69, 9.17) is 0 Å². The minimum Gasteiger partial charge on any atom is -0.346 e. The van der Waals surface area contributed by atoms with E-state index in [0.717, 1.165) is 6.42 Å². The molecule has 1 fully saturated rings. The Morgan fingerprint density at radius 3 is 2.62 bits per heavy atom. The molecular formula is C16H20N6O2. The molecule has 0 unspecified atom stereocenters. The molecule has 0 saturated carbocycles. The van der Waals surface area contributed by atoms with Crippen molar-refractivity contribution in [1.29, 1.82) is 0 Å². The smallest absolute Gasteiger partial charge is 0.273 e. The van der Waals surface area contributed by atoms with Gasteiger partial charge in [-0.25, -0.2) is 0 Å². The number of aromatic nitrogens is 4. The fraction of sp³-hybridized carbons (Fsp3) is 0.438. The van der Waals surface area contributed by atoms with Crippen LogP contribution in [0, 0.1) is 0 Å². The lowest BCUT2D eigenvalue weighted by atomic mass is 9.90. The number of hydrogen-bond acceptors (Lipinski definition) is 5. The van der Waals surface area contributed by atoms with Crippen LogP contribution in [0.15, 0.2) is 30.9 Å². The molecule has 3 rings (SSSR count). The van der Waals surface area contributed by atoms with Crippen molar-refractivity contribution in [3.63, 3.8) is 0 Å². The Kier molecular flexibility index (Phi) is 4.04. The summed E-state index contributed by atoms with van der Waals surface area (Å²) in [6, 6.07) is 1.65. The first-order valence-electron chi connectivity index (χ1n) is 7.76. The maximum absolute atomic E-state index is 13.1. The molecule has 8 nitrogen and oxygen atoms in total. The van der Waals surface area contributed by atoms with Gasteiger partial charge in [0.2, 0.25) is 0 Å². The van der Waals surface area contributed by atoms with Gasteiger partial charge in [0.05, 0.1) is 11.9 Å². The number of hydrogen-bond donors (Lipinski definition) is 0. The van der Waals surface area contributed by atoms with Gasteiger partial charge in [-0.2, -0.15) is 5.10 Å².